The quantitative estimate of drug-likeness (QED) is 0.280. The molecule has 6 nitrogen and oxygen atoms in total. The molecule has 0 unspecified atom stereocenters. The molecule has 7 heteroatoms. The molecule has 34 heavy (non-hydrogen) atoms. The SMILES string of the molecule is Cc1cc(=O)n(C)c(SCCCC(=O)N2CCN(C(c3ccccc3)c3ccccc3)CC2)n1. The van der Waals surface area contributed by atoms with E-state index in [0.29, 0.717) is 11.6 Å². The maximum Gasteiger partial charge on any atom is 0.254 e. The van der Waals surface area contributed by atoms with Crippen LogP contribution in [-0.2, 0) is 11.8 Å². The minimum absolute atomic E-state index is 0.0479. The van der Waals surface area contributed by atoms with Crippen molar-refractivity contribution < 1.29 is 4.79 Å². The van der Waals surface area contributed by atoms with Gasteiger partial charge in [-0.3, -0.25) is 19.1 Å². The zero-order valence-corrected chi connectivity index (χ0v) is 20.7. The zero-order valence-electron chi connectivity index (χ0n) is 19.9. The lowest BCUT2D eigenvalue weighted by atomic mass is 9.96. The van der Waals surface area contributed by atoms with E-state index in [1.807, 2.05) is 11.8 Å². The van der Waals surface area contributed by atoms with Crippen LogP contribution in [0.25, 0.3) is 0 Å². The topological polar surface area (TPSA) is 58.4 Å². The fourth-order valence-electron chi connectivity index (χ4n) is 4.42. The summed E-state index contributed by atoms with van der Waals surface area (Å²) < 4.78 is 1.56. The highest BCUT2D eigenvalue weighted by molar-refractivity contribution is 7.99. The first-order valence-electron chi connectivity index (χ1n) is 11.8. The van der Waals surface area contributed by atoms with E-state index in [4.69, 9.17) is 0 Å². The molecule has 1 aliphatic rings. The van der Waals surface area contributed by atoms with Crippen molar-refractivity contribution >= 4 is 17.7 Å². The highest BCUT2D eigenvalue weighted by Gasteiger charge is 2.27. The largest absolute Gasteiger partial charge is 0.340 e. The third kappa shape index (κ3) is 5.96. The molecule has 4 rings (SSSR count). The number of benzene rings is 2. The maximum atomic E-state index is 12.8. The summed E-state index contributed by atoms with van der Waals surface area (Å²) in [5, 5.41) is 0.707. The number of aryl methyl sites for hydroxylation is 1. The number of thioether (sulfide) groups is 1. The Labute approximate surface area is 205 Å². The lowest BCUT2D eigenvalue weighted by Gasteiger charge is -2.40. The van der Waals surface area contributed by atoms with Gasteiger partial charge in [0.25, 0.3) is 5.56 Å². The molecule has 0 aliphatic carbocycles. The van der Waals surface area contributed by atoms with E-state index in [1.54, 1.807) is 11.6 Å². The summed E-state index contributed by atoms with van der Waals surface area (Å²) >= 11 is 1.54. The minimum Gasteiger partial charge on any atom is -0.340 e. The van der Waals surface area contributed by atoms with Gasteiger partial charge in [0, 0.05) is 57.2 Å². The summed E-state index contributed by atoms with van der Waals surface area (Å²) in [6.45, 7) is 5.02. The molecular weight excluding hydrogens is 444 g/mol. The molecular formula is C27H32N4O2S. The number of carbonyl (C=O) groups is 1. The van der Waals surface area contributed by atoms with Crippen molar-refractivity contribution in [3.05, 3.63) is 93.9 Å². The van der Waals surface area contributed by atoms with E-state index in [0.717, 1.165) is 44.0 Å². The first kappa shape index (κ1) is 24.2. The lowest BCUT2D eigenvalue weighted by molar-refractivity contribution is -0.133. The molecule has 0 N–H and O–H groups in total. The first-order chi connectivity index (χ1) is 16.5. The summed E-state index contributed by atoms with van der Waals surface area (Å²) in [6, 6.07) is 22.9. The second kappa shape index (κ2) is 11.5. The van der Waals surface area contributed by atoms with Crippen LogP contribution in [-0.4, -0.2) is 57.2 Å². The Balaban J connectivity index is 1.30. The number of nitrogens with zero attached hydrogens (tertiary/aromatic N) is 4. The van der Waals surface area contributed by atoms with Gasteiger partial charge in [-0.1, -0.05) is 72.4 Å². The fourth-order valence-corrected chi connectivity index (χ4v) is 5.38. The van der Waals surface area contributed by atoms with Crippen molar-refractivity contribution in [1.82, 2.24) is 19.4 Å². The van der Waals surface area contributed by atoms with Crippen LogP contribution >= 0.6 is 11.8 Å². The molecule has 0 saturated carbocycles. The van der Waals surface area contributed by atoms with Crippen molar-refractivity contribution in [1.29, 1.82) is 0 Å². The van der Waals surface area contributed by atoms with Gasteiger partial charge in [-0.15, -0.1) is 0 Å². The molecule has 0 atom stereocenters. The van der Waals surface area contributed by atoms with Crippen molar-refractivity contribution in [2.45, 2.75) is 31.0 Å². The van der Waals surface area contributed by atoms with Crippen LogP contribution in [0.4, 0.5) is 0 Å². The summed E-state index contributed by atoms with van der Waals surface area (Å²) in [5.41, 5.74) is 3.24. The first-order valence-corrected chi connectivity index (χ1v) is 12.8. The minimum atomic E-state index is -0.0479. The van der Waals surface area contributed by atoms with Gasteiger partial charge < -0.3 is 4.90 Å². The van der Waals surface area contributed by atoms with E-state index in [-0.39, 0.29) is 17.5 Å². The summed E-state index contributed by atoms with van der Waals surface area (Å²) in [5.74, 6) is 0.974. The molecule has 1 aliphatic heterocycles. The Morgan fingerprint density at radius 3 is 2.15 bits per heavy atom. The van der Waals surface area contributed by atoms with E-state index in [9.17, 15) is 9.59 Å². The van der Waals surface area contributed by atoms with Gasteiger partial charge in [0.05, 0.1) is 6.04 Å². The highest BCUT2D eigenvalue weighted by Crippen LogP contribution is 2.29. The molecule has 1 amide bonds. The fraction of sp³-hybridized carbons (Fsp3) is 0.370. The molecule has 1 fully saturated rings. The van der Waals surface area contributed by atoms with Crippen molar-refractivity contribution in [3.63, 3.8) is 0 Å². The van der Waals surface area contributed by atoms with Gasteiger partial charge in [-0.05, 0) is 24.5 Å². The molecule has 1 aromatic heterocycles. The van der Waals surface area contributed by atoms with Crippen LogP contribution in [0.3, 0.4) is 0 Å². The third-order valence-corrected chi connectivity index (χ3v) is 7.37. The smallest absolute Gasteiger partial charge is 0.254 e. The molecule has 178 valence electrons. The number of carbonyl (C=O) groups excluding carboxylic acids is 1. The maximum absolute atomic E-state index is 12.8. The van der Waals surface area contributed by atoms with E-state index in [2.05, 4.69) is 70.5 Å². The monoisotopic (exact) mass is 476 g/mol. The lowest BCUT2D eigenvalue weighted by Crippen LogP contribution is -2.49. The van der Waals surface area contributed by atoms with Gasteiger partial charge in [-0.25, -0.2) is 4.98 Å². The Morgan fingerprint density at radius 1 is 0.971 bits per heavy atom. The second-order valence-electron chi connectivity index (χ2n) is 8.67. The van der Waals surface area contributed by atoms with E-state index < -0.39 is 0 Å². The predicted octanol–water partition coefficient (Wildman–Crippen LogP) is 3.89. The van der Waals surface area contributed by atoms with Gasteiger partial charge in [0.15, 0.2) is 5.16 Å². The van der Waals surface area contributed by atoms with Gasteiger partial charge in [0.1, 0.15) is 0 Å². The second-order valence-corrected chi connectivity index (χ2v) is 9.73. The van der Waals surface area contributed by atoms with Crippen LogP contribution in [0.15, 0.2) is 76.7 Å². The summed E-state index contributed by atoms with van der Waals surface area (Å²) in [4.78, 5) is 33.7. The van der Waals surface area contributed by atoms with Crippen LogP contribution in [0.2, 0.25) is 0 Å². The van der Waals surface area contributed by atoms with Crippen molar-refractivity contribution in [2.24, 2.45) is 7.05 Å². The van der Waals surface area contributed by atoms with Gasteiger partial charge in [-0.2, -0.15) is 0 Å². The Morgan fingerprint density at radius 2 is 1.56 bits per heavy atom. The van der Waals surface area contributed by atoms with Crippen LogP contribution < -0.4 is 5.56 Å². The predicted molar refractivity (Wildman–Crippen MR) is 137 cm³/mol. The van der Waals surface area contributed by atoms with Gasteiger partial charge >= 0.3 is 0 Å². The van der Waals surface area contributed by atoms with E-state index >= 15 is 0 Å². The number of hydrogen-bond acceptors (Lipinski definition) is 5. The van der Waals surface area contributed by atoms with Crippen molar-refractivity contribution in [2.75, 3.05) is 31.9 Å². The highest BCUT2D eigenvalue weighted by atomic mass is 32.2. The average molecular weight is 477 g/mol. The zero-order chi connectivity index (χ0) is 23.9. The number of aromatic nitrogens is 2. The number of amides is 1. The molecule has 0 spiro atoms. The molecule has 3 aromatic rings. The average Bonchev–Trinajstić information content (AvgIpc) is 2.86. The van der Waals surface area contributed by atoms with Crippen LogP contribution in [0.1, 0.15) is 35.7 Å². The van der Waals surface area contributed by atoms with Gasteiger partial charge in [0.2, 0.25) is 5.91 Å². The summed E-state index contributed by atoms with van der Waals surface area (Å²) in [7, 11) is 1.74. The Kier molecular flexibility index (Phi) is 8.19. The standard InChI is InChI=1S/C27H32N4O2S/c1-21-20-25(33)29(2)27(28-21)34-19-9-14-24(32)30-15-17-31(18-16-30)26(22-10-5-3-6-11-22)23-12-7-4-8-13-23/h3-8,10-13,20,26H,9,14-19H2,1-2H3. The molecule has 2 aromatic carbocycles. The van der Waals surface area contributed by atoms with E-state index in [1.165, 1.54) is 29.0 Å². The molecule has 0 radical (unpaired) electrons. The Hall–Kier alpha value is -2.90. The van der Waals surface area contributed by atoms with Crippen LogP contribution in [0.5, 0.6) is 0 Å². The summed E-state index contributed by atoms with van der Waals surface area (Å²) in [6.07, 6.45) is 1.29. The molecule has 1 saturated heterocycles. The molecule has 0 bridgehead atoms. The van der Waals surface area contributed by atoms with Crippen LogP contribution in [0, 0.1) is 6.92 Å². The number of hydrogen-bond donors (Lipinski definition) is 0. The number of piperazine rings is 1. The number of rotatable bonds is 8. The molecule has 2 heterocycles. The third-order valence-electron chi connectivity index (χ3n) is 6.25. The van der Waals surface area contributed by atoms with Crippen molar-refractivity contribution in [3.8, 4) is 0 Å². The Bertz CT molecular complexity index is 1100. The normalized spacial score (nSPS) is 14.5.